The summed E-state index contributed by atoms with van der Waals surface area (Å²) in [5, 5.41) is 17.1. The Labute approximate surface area is 113 Å². The van der Waals surface area contributed by atoms with Crippen molar-refractivity contribution in [1.29, 1.82) is 0 Å². The molecule has 2 rings (SSSR count). The molecule has 5 heteroatoms. The molecule has 0 aliphatic carbocycles. The first-order valence-electron chi connectivity index (χ1n) is 6.65. The highest BCUT2D eigenvalue weighted by Crippen LogP contribution is 2.24. The molecule has 19 heavy (non-hydrogen) atoms. The lowest BCUT2D eigenvalue weighted by molar-refractivity contribution is 0.188. The molecule has 0 aliphatic heterocycles. The molecule has 1 unspecified atom stereocenters. The van der Waals surface area contributed by atoms with Crippen LogP contribution in [0.2, 0.25) is 0 Å². The van der Waals surface area contributed by atoms with Crippen LogP contribution in [0.15, 0.2) is 18.5 Å². The first kappa shape index (κ1) is 13.8. The second-order valence-corrected chi connectivity index (χ2v) is 5.95. The molecule has 0 spiro atoms. The summed E-state index contributed by atoms with van der Waals surface area (Å²) in [5.74, 6) is 0.811. The highest BCUT2D eigenvalue weighted by atomic mass is 16.3. The number of fused-ring (bicyclic) bond motifs is 1. The third-order valence-corrected chi connectivity index (χ3v) is 3.01. The fourth-order valence-electron chi connectivity index (χ4n) is 1.82. The smallest absolute Gasteiger partial charge is 0.152 e. The average Bonchev–Trinajstić information content (AvgIpc) is 2.72. The fourth-order valence-corrected chi connectivity index (χ4v) is 1.82. The Hall–Kier alpha value is -1.62. The summed E-state index contributed by atoms with van der Waals surface area (Å²) in [5.41, 5.74) is 2.03. The van der Waals surface area contributed by atoms with Crippen molar-refractivity contribution < 1.29 is 5.11 Å². The summed E-state index contributed by atoms with van der Waals surface area (Å²) in [6, 6.07) is 2.07. The quantitative estimate of drug-likeness (QED) is 0.886. The van der Waals surface area contributed by atoms with Crippen molar-refractivity contribution in [2.75, 3.05) is 11.9 Å². The van der Waals surface area contributed by atoms with Crippen LogP contribution in [0.3, 0.4) is 0 Å². The van der Waals surface area contributed by atoms with Gasteiger partial charge in [-0.25, -0.2) is 9.50 Å². The van der Waals surface area contributed by atoms with E-state index in [4.69, 9.17) is 0 Å². The predicted molar refractivity (Wildman–Crippen MR) is 76.5 cm³/mol. The minimum Gasteiger partial charge on any atom is -0.393 e. The number of hydrogen-bond donors (Lipinski definition) is 2. The molecular weight excluding hydrogens is 240 g/mol. The molecule has 104 valence electrons. The van der Waals surface area contributed by atoms with E-state index in [0.29, 0.717) is 13.0 Å². The number of rotatable bonds is 4. The van der Waals surface area contributed by atoms with Gasteiger partial charge in [-0.05, 0) is 19.4 Å². The van der Waals surface area contributed by atoms with Gasteiger partial charge in [0.25, 0.3) is 0 Å². The Morgan fingerprint density at radius 3 is 2.79 bits per heavy atom. The summed E-state index contributed by atoms with van der Waals surface area (Å²) < 4.78 is 1.85. The normalized spacial score (nSPS) is 13.7. The fraction of sp³-hybridized carbons (Fsp3) is 0.571. The van der Waals surface area contributed by atoms with Gasteiger partial charge >= 0.3 is 0 Å². The molecule has 0 fully saturated rings. The monoisotopic (exact) mass is 262 g/mol. The van der Waals surface area contributed by atoms with E-state index < -0.39 is 0 Å². The number of anilines is 1. The van der Waals surface area contributed by atoms with Gasteiger partial charge in [-0.3, -0.25) is 0 Å². The summed E-state index contributed by atoms with van der Waals surface area (Å²) in [7, 11) is 0. The number of hydrogen-bond acceptors (Lipinski definition) is 4. The van der Waals surface area contributed by atoms with Gasteiger partial charge < -0.3 is 10.4 Å². The average molecular weight is 262 g/mol. The SMILES string of the molecule is CC(O)CCNc1nccn2nc(C(C)(C)C)cc12. The van der Waals surface area contributed by atoms with Gasteiger partial charge in [0, 0.05) is 24.4 Å². The molecule has 2 N–H and O–H groups in total. The second-order valence-electron chi connectivity index (χ2n) is 5.95. The summed E-state index contributed by atoms with van der Waals surface area (Å²) >= 11 is 0. The van der Waals surface area contributed by atoms with Gasteiger partial charge in [0.2, 0.25) is 0 Å². The molecule has 1 atom stereocenters. The number of nitrogens with zero attached hydrogens (tertiary/aromatic N) is 3. The Morgan fingerprint density at radius 2 is 2.16 bits per heavy atom. The molecule has 0 aliphatic rings. The maximum atomic E-state index is 9.28. The van der Waals surface area contributed by atoms with Gasteiger partial charge in [0.1, 0.15) is 5.52 Å². The van der Waals surface area contributed by atoms with Crippen LogP contribution in [0.1, 0.15) is 39.8 Å². The van der Waals surface area contributed by atoms with Gasteiger partial charge in [0.05, 0.1) is 11.8 Å². The highest BCUT2D eigenvalue weighted by Gasteiger charge is 2.18. The summed E-state index contributed by atoms with van der Waals surface area (Å²) in [6.07, 6.45) is 3.98. The van der Waals surface area contributed by atoms with Crippen molar-refractivity contribution >= 4 is 11.3 Å². The third-order valence-electron chi connectivity index (χ3n) is 3.01. The lowest BCUT2D eigenvalue weighted by Crippen LogP contribution is -2.11. The van der Waals surface area contributed by atoms with Crippen molar-refractivity contribution in [3.63, 3.8) is 0 Å². The Morgan fingerprint density at radius 1 is 1.42 bits per heavy atom. The van der Waals surface area contributed by atoms with Crippen molar-refractivity contribution in [3.05, 3.63) is 24.2 Å². The Balaban J connectivity index is 2.27. The van der Waals surface area contributed by atoms with Crippen molar-refractivity contribution in [3.8, 4) is 0 Å². The zero-order valence-corrected chi connectivity index (χ0v) is 12.0. The lowest BCUT2D eigenvalue weighted by Gasteiger charge is -2.13. The van der Waals surface area contributed by atoms with Crippen LogP contribution in [0.25, 0.3) is 5.52 Å². The zero-order valence-electron chi connectivity index (χ0n) is 12.0. The maximum absolute atomic E-state index is 9.28. The first-order chi connectivity index (χ1) is 8.88. The Kier molecular flexibility index (Phi) is 3.75. The number of aliphatic hydroxyl groups excluding tert-OH is 1. The van der Waals surface area contributed by atoms with E-state index in [9.17, 15) is 5.11 Å². The van der Waals surface area contributed by atoms with Crippen LogP contribution in [-0.4, -0.2) is 32.4 Å². The van der Waals surface area contributed by atoms with Crippen LogP contribution in [-0.2, 0) is 5.41 Å². The molecule has 2 heterocycles. The van der Waals surface area contributed by atoms with Gasteiger partial charge in [0.15, 0.2) is 5.82 Å². The van der Waals surface area contributed by atoms with Crippen molar-refractivity contribution in [2.24, 2.45) is 0 Å². The number of aromatic nitrogens is 3. The van der Waals surface area contributed by atoms with Gasteiger partial charge in [-0.1, -0.05) is 20.8 Å². The van der Waals surface area contributed by atoms with Crippen molar-refractivity contribution in [1.82, 2.24) is 14.6 Å². The predicted octanol–water partition coefficient (Wildman–Crippen LogP) is 2.21. The van der Waals surface area contributed by atoms with Gasteiger partial charge in [-0.15, -0.1) is 0 Å². The van der Waals surface area contributed by atoms with Gasteiger partial charge in [-0.2, -0.15) is 5.10 Å². The Bertz CT molecular complexity index is 554. The third kappa shape index (κ3) is 3.23. The molecule has 0 aromatic carbocycles. The van der Waals surface area contributed by atoms with Crippen LogP contribution >= 0.6 is 0 Å². The minimum absolute atomic E-state index is 0.0168. The molecule has 0 saturated carbocycles. The van der Waals surface area contributed by atoms with E-state index in [2.05, 4.69) is 42.2 Å². The molecular formula is C14H22N4O. The topological polar surface area (TPSA) is 62.5 Å². The standard InChI is InChI=1S/C14H22N4O/c1-10(19)5-6-15-13-11-9-12(14(2,3)4)17-18(11)8-7-16-13/h7-10,19H,5-6H2,1-4H3,(H,15,16). The molecule has 5 nitrogen and oxygen atoms in total. The van der Waals surface area contributed by atoms with Crippen LogP contribution in [0.4, 0.5) is 5.82 Å². The van der Waals surface area contributed by atoms with E-state index in [0.717, 1.165) is 17.0 Å². The maximum Gasteiger partial charge on any atom is 0.152 e. The zero-order chi connectivity index (χ0) is 14.0. The largest absolute Gasteiger partial charge is 0.393 e. The summed E-state index contributed by atoms with van der Waals surface area (Å²) in [4.78, 5) is 4.35. The molecule has 0 radical (unpaired) electrons. The molecule has 0 saturated heterocycles. The molecule has 0 amide bonds. The van der Waals surface area contributed by atoms with E-state index in [-0.39, 0.29) is 11.5 Å². The van der Waals surface area contributed by atoms with E-state index in [1.54, 1.807) is 13.1 Å². The second kappa shape index (κ2) is 5.17. The molecule has 2 aromatic heterocycles. The highest BCUT2D eigenvalue weighted by molar-refractivity contribution is 5.68. The van der Waals surface area contributed by atoms with E-state index in [1.165, 1.54) is 0 Å². The summed E-state index contributed by atoms with van der Waals surface area (Å²) in [6.45, 7) is 8.90. The first-order valence-corrected chi connectivity index (χ1v) is 6.65. The molecule has 0 bridgehead atoms. The van der Waals surface area contributed by atoms with Crippen LogP contribution in [0, 0.1) is 0 Å². The van der Waals surface area contributed by atoms with E-state index >= 15 is 0 Å². The van der Waals surface area contributed by atoms with Crippen LogP contribution in [0.5, 0.6) is 0 Å². The number of aliphatic hydroxyl groups is 1. The minimum atomic E-state index is -0.303. The van der Waals surface area contributed by atoms with E-state index in [1.807, 2.05) is 10.7 Å². The van der Waals surface area contributed by atoms with Crippen molar-refractivity contribution in [2.45, 2.75) is 45.6 Å². The number of nitrogens with one attached hydrogen (secondary N) is 1. The lowest BCUT2D eigenvalue weighted by atomic mass is 9.92. The van der Waals surface area contributed by atoms with Crippen LogP contribution < -0.4 is 5.32 Å². The molecule has 2 aromatic rings.